The Hall–Kier alpha value is -1.31. The first kappa shape index (κ1) is 19.0. The van der Waals surface area contributed by atoms with Crippen molar-refractivity contribution >= 4 is 21.8 Å². The predicted octanol–water partition coefficient (Wildman–Crippen LogP) is 1.28. The number of rotatable bonds is 2. The van der Waals surface area contributed by atoms with Gasteiger partial charge in [0.1, 0.15) is 5.60 Å². The van der Waals surface area contributed by atoms with Crippen molar-refractivity contribution in [2.24, 2.45) is 5.92 Å². The first-order valence-corrected chi connectivity index (χ1v) is 10.2. The van der Waals surface area contributed by atoms with Crippen molar-refractivity contribution in [1.82, 2.24) is 9.80 Å². The summed E-state index contributed by atoms with van der Waals surface area (Å²) in [6, 6.07) is -0.989. The summed E-state index contributed by atoms with van der Waals surface area (Å²) >= 11 is 0. The number of piperazine rings is 1. The normalized spacial score (nSPS) is 26.4. The van der Waals surface area contributed by atoms with Crippen LogP contribution in [-0.4, -0.2) is 72.5 Å². The maximum absolute atomic E-state index is 12.5. The molecule has 2 saturated heterocycles. The molecule has 0 spiro atoms. The molecule has 0 radical (unpaired) electrons. The van der Waals surface area contributed by atoms with Crippen LogP contribution in [0.25, 0.3) is 0 Å². The van der Waals surface area contributed by atoms with E-state index in [1.54, 1.807) is 25.7 Å². The van der Waals surface area contributed by atoms with E-state index >= 15 is 0 Å². The monoisotopic (exact) mass is 360 g/mol. The number of carbonyl (C=O) groups is 2. The fourth-order valence-corrected chi connectivity index (χ4v) is 5.26. The summed E-state index contributed by atoms with van der Waals surface area (Å²) in [4.78, 5) is 28.0. The Morgan fingerprint density at radius 3 is 2.08 bits per heavy atom. The lowest BCUT2D eigenvalue weighted by Crippen LogP contribution is -2.62. The highest BCUT2D eigenvalue weighted by Gasteiger charge is 2.50. The Morgan fingerprint density at radius 2 is 1.58 bits per heavy atom. The zero-order valence-corrected chi connectivity index (χ0v) is 15.9. The lowest BCUT2D eigenvalue weighted by atomic mass is 10.0. The minimum absolute atomic E-state index is 0.0408. The standard InChI is InChI=1S/C16H28N2O5S/c1-11(2)8-14(19)17-6-7-18(15(20)23-16(3,4)5)13-10-24(21,22)9-12(13)17/h11-13H,6-10H2,1-5H3/t12-,13+/m1/s1. The van der Waals surface area contributed by atoms with E-state index in [1.165, 1.54) is 4.90 Å². The van der Waals surface area contributed by atoms with Crippen molar-refractivity contribution in [3.8, 4) is 0 Å². The molecule has 2 amide bonds. The summed E-state index contributed by atoms with van der Waals surface area (Å²) in [5.41, 5.74) is -0.644. The Morgan fingerprint density at radius 1 is 1.08 bits per heavy atom. The van der Waals surface area contributed by atoms with Crippen molar-refractivity contribution in [2.75, 3.05) is 24.6 Å². The number of fused-ring (bicyclic) bond motifs is 1. The molecule has 2 fully saturated rings. The number of sulfone groups is 1. The number of hydrogen-bond donors (Lipinski definition) is 0. The van der Waals surface area contributed by atoms with E-state index in [0.29, 0.717) is 19.5 Å². The molecule has 7 nitrogen and oxygen atoms in total. The molecule has 0 bridgehead atoms. The maximum atomic E-state index is 12.5. The van der Waals surface area contributed by atoms with Crippen molar-refractivity contribution in [3.63, 3.8) is 0 Å². The SMILES string of the molecule is CC(C)CC(=O)N1CCN(C(=O)OC(C)(C)C)[C@H]2CS(=O)(=O)C[C@H]21. The van der Waals surface area contributed by atoms with Gasteiger partial charge in [0.15, 0.2) is 9.84 Å². The second-order valence-electron chi connectivity index (χ2n) is 8.07. The summed E-state index contributed by atoms with van der Waals surface area (Å²) in [5.74, 6) is -0.0258. The molecule has 0 aromatic rings. The van der Waals surface area contributed by atoms with Crippen LogP contribution in [0.1, 0.15) is 41.0 Å². The first-order chi connectivity index (χ1) is 10.9. The maximum Gasteiger partial charge on any atom is 0.410 e. The van der Waals surface area contributed by atoms with Gasteiger partial charge in [0.2, 0.25) is 5.91 Å². The smallest absolute Gasteiger partial charge is 0.410 e. The van der Waals surface area contributed by atoms with Gasteiger partial charge in [0.25, 0.3) is 0 Å². The van der Waals surface area contributed by atoms with Crippen LogP contribution in [0.2, 0.25) is 0 Å². The summed E-state index contributed by atoms with van der Waals surface area (Å²) < 4.78 is 29.7. The van der Waals surface area contributed by atoms with E-state index in [-0.39, 0.29) is 23.3 Å². The van der Waals surface area contributed by atoms with Crippen LogP contribution < -0.4 is 0 Å². The molecule has 2 heterocycles. The number of ether oxygens (including phenoxy) is 1. The lowest BCUT2D eigenvalue weighted by molar-refractivity contribution is -0.137. The van der Waals surface area contributed by atoms with Gasteiger partial charge in [-0.1, -0.05) is 13.8 Å². The molecule has 2 aliphatic heterocycles. The molecule has 0 aliphatic carbocycles. The quantitative estimate of drug-likeness (QED) is 0.741. The number of hydrogen-bond acceptors (Lipinski definition) is 5. The molecule has 0 saturated carbocycles. The van der Waals surface area contributed by atoms with E-state index < -0.39 is 33.6 Å². The van der Waals surface area contributed by atoms with Gasteiger partial charge in [-0.25, -0.2) is 13.2 Å². The average Bonchev–Trinajstić information content (AvgIpc) is 2.68. The van der Waals surface area contributed by atoms with Crippen LogP contribution in [-0.2, 0) is 19.4 Å². The van der Waals surface area contributed by atoms with Crippen LogP contribution in [0, 0.1) is 5.92 Å². The molecule has 2 atom stereocenters. The van der Waals surface area contributed by atoms with Crippen molar-refractivity contribution < 1.29 is 22.7 Å². The Labute approximate surface area is 144 Å². The van der Waals surface area contributed by atoms with Gasteiger partial charge >= 0.3 is 6.09 Å². The van der Waals surface area contributed by atoms with Crippen molar-refractivity contribution in [2.45, 2.75) is 58.7 Å². The predicted molar refractivity (Wildman–Crippen MR) is 90.3 cm³/mol. The van der Waals surface area contributed by atoms with E-state index in [0.717, 1.165) is 0 Å². The molecule has 0 unspecified atom stereocenters. The van der Waals surface area contributed by atoms with E-state index in [4.69, 9.17) is 4.74 Å². The third kappa shape index (κ3) is 4.40. The minimum Gasteiger partial charge on any atom is -0.444 e. The number of carbonyl (C=O) groups excluding carboxylic acids is 2. The molecule has 0 aromatic carbocycles. The zero-order chi connectivity index (χ0) is 18.3. The van der Waals surface area contributed by atoms with Gasteiger partial charge < -0.3 is 14.5 Å². The van der Waals surface area contributed by atoms with Gasteiger partial charge in [-0.3, -0.25) is 4.79 Å². The second-order valence-corrected chi connectivity index (χ2v) is 10.2. The topological polar surface area (TPSA) is 84.0 Å². The van der Waals surface area contributed by atoms with Crippen molar-refractivity contribution in [3.05, 3.63) is 0 Å². The lowest BCUT2D eigenvalue weighted by Gasteiger charge is -2.44. The molecule has 0 aromatic heterocycles. The van der Waals surface area contributed by atoms with Gasteiger partial charge in [-0.2, -0.15) is 0 Å². The highest BCUT2D eigenvalue weighted by atomic mass is 32.2. The summed E-state index contributed by atoms with van der Waals surface area (Å²) in [5, 5.41) is 0. The molecule has 8 heteroatoms. The summed E-state index contributed by atoms with van der Waals surface area (Å²) in [6.45, 7) is 9.88. The van der Waals surface area contributed by atoms with Crippen LogP contribution in [0.15, 0.2) is 0 Å². The van der Waals surface area contributed by atoms with Crippen LogP contribution in [0.5, 0.6) is 0 Å². The molecule has 2 aliphatic rings. The Bertz CT molecular complexity index is 608. The molecular weight excluding hydrogens is 332 g/mol. The Kier molecular flexibility index (Phi) is 5.18. The highest BCUT2D eigenvalue weighted by molar-refractivity contribution is 7.91. The summed E-state index contributed by atoms with van der Waals surface area (Å²) in [6.07, 6.45) is -0.124. The van der Waals surface area contributed by atoms with Crippen LogP contribution in [0.4, 0.5) is 4.79 Å². The van der Waals surface area contributed by atoms with E-state index in [9.17, 15) is 18.0 Å². The summed E-state index contributed by atoms with van der Waals surface area (Å²) in [7, 11) is -3.28. The average molecular weight is 360 g/mol. The molecule has 2 rings (SSSR count). The third-order valence-corrected chi connectivity index (χ3v) is 5.91. The van der Waals surface area contributed by atoms with Crippen LogP contribution in [0.3, 0.4) is 0 Å². The largest absolute Gasteiger partial charge is 0.444 e. The number of nitrogens with zero attached hydrogens (tertiary/aromatic N) is 2. The molecular formula is C16H28N2O5S. The molecule has 24 heavy (non-hydrogen) atoms. The molecule has 138 valence electrons. The third-order valence-electron chi connectivity index (χ3n) is 4.21. The number of amides is 2. The van der Waals surface area contributed by atoms with Gasteiger partial charge in [-0.15, -0.1) is 0 Å². The van der Waals surface area contributed by atoms with Gasteiger partial charge in [-0.05, 0) is 26.7 Å². The Balaban J connectivity index is 2.21. The van der Waals surface area contributed by atoms with Gasteiger partial charge in [0.05, 0.1) is 23.6 Å². The van der Waals surface area contributed by atoms with Crippen molar-refractivity contribution in [1.29, 1.82) is 0 Å². The van der Waals surface area contributed by atoms with Gasteiger partial charge in [0, 0.05) is 19.5 Å². The zero-order valence-electron chi connectivity index (χ0n) is 15.1. The fraction of sp³-hybridized carbons (Fsp3) is 0.875. The fourth-order valence-electron chi connectivity index (χ4n) is 3.28. The van der Waals surface area contributed by atoms with Crippen LogP contribution >= 0.6 is 0 Å². The molecule has 0 N–H and O–H groups in total. The van der Waals surface area contributed by atoms with E-state index in [1.807, 2.05) is 13.8 Å². The first-order valence-electron chi connectivity index (χ1n) is 8.39. The van der Waals surface area contributed by atoms with E-state index in [2.05, 4.69) is 0 Å². The second kappa shape index (κ2) is 6.54. The highest BCUT2D eigenvalue weighted by Crippen LogP contribution is 2.29. The minimum atomic E-state index is -3.28.